The van der Waals surface area contributed by atoms with Crippen LogP contribution in [0.25, 0.3) is 0 Å². The maximum absolute atomic E-state index is 12.0. The highest BCUT2D eigenvalue weighted by molar-refractivity contribution is 5.94. The molecule has 0 heterocycles. The van der Waals surface area contributed by atoms with Gasteiger partial charge in [-0.2, -0.15) is 0 Å². The van der Waals surface area contributed by atoms with E-state index in [2.05, 4.69) is 18.8 Å². The molecule has 2 aromatic rings. The van der Waals surface area contributed by atoms with Crippen LogP contribution in [0.4, 0.5) is 0 Å². The van der Waals surface area contributed by atoms with E-state index in [9.17, 15) is 9.59 Å². The molecule has 0 aliphatic heterocycles. The average Bonchev–Trinajstić information content (AvgIpc) is 2.69. The highest BCUT2D eigenvalue weighted by Crippen LogP contribution is 2.08. The summed E-state index contributed by atoms with van der Waals surface area (Å²) in [7, 11) is 0. The van der Waals surface area contributed by atoms with Crippen LogP contribution in [0, 0.1) is 11.8 Å². The number of hydrogen-bond donors (Lipinski definition) is 0. The van der Waals surface area contributed by atoms with E-state index in [0.717, 1.165) is 24.0 Å². The van der Waals surface area contributed by atoms with Crippen LogP contribution in [-0.4, -0.2) is 18.4 Å². The third-order valence-electron chi connectivity index (χ3n) is 4.24. The first-order chi connectivity index (χ1) is 13.1. The summed E-state index contributed by atoms with van der Waals surface area (Å²) in [5.74, 6) is 5.87. The monoisotopic (exact) mass is 362 g/mol. The van der Waals surface area contributed by atoms with Crippen molar-refractivity contribution in [2.75, 3.05) is 6.61 Å². The Morgan fingerprint density at radius 2 is 1.30 bits per heavy atom. The molecule has 0 N–H and O–H groups in total. The predicted molar refractivity (Wildman–Crippen MR) is 108 cm³/mol. The maximum atomic E-state index is 12.0. The quantitative estimate of drug-likeness (QED) is 0.273. The third kappa shape index (κ3) is 7.11. The summed E-state index contributed by atoms with van der Waals surface area (Å²) in [5.41, 5.74) is 2.88. The smallest absolute Gasteiger partial charge is 0.338 e. The Bertz CT molecular complexity index is 805. The molecule has 0 aliphatic rings. The summed E-state index contributed by atoms with van der Waals surface area (Å²) < 4.78 is 5.31. The van der Waals surface area contributed by atoms with Crippen molar-refractivity contribution in [1.82, 2.24) is 0 Å². The highest BCUT2D eigenvalue weighted by Gasteiger charge is 2.06. The zero-order valence-corrected chi connectivity index (χ0v) is 16.1. The van der Waals surface area contributed by atoms with Crippen LogP contribution in [-0.2, 0) is 4.74 Å². The molecule has 0 unspecified atom stereocenters. The number of ether oxygens (including phenoxy) is 1. The molecule has 0 amide bonds. The summed E-state index contributed by atoms with van der Waals surface area (Å²) in [6.07, 6.45) is 5.65. The van der Waals surface area contributed by atoms with Gasteiger partial charge >= 0.3 is 5.97 Å². The first-order valence-corrected chi connectivity index (χ1v) is 9.50. The molecule has 27 heavy (non-hydrogen) atoms. The minimum Gasteiger partial charge on any atom is -0.462 e. The van der Waals surface area contributed by atoms with Crippen molar-refractivity contribution >= 4 is 11.8 Å². The first-order valence-electron chi connectivity index (χ1n) is 9.50. The summed E-state index contributed by atoms with van der Waals surface area (Å²) in [6.45, 7) is 4.19. The lowest BCUT2D eigenvalue weighted by molar-refractivity contribution is 0.0497. The minimum atomic E-state index is -0.287. The Hall–Kier alpha value is -2.86. The van der Waals surface area contributed by atoms with E-state index in [1.54, 1.807) is 31.2 Å². The van der Waals surface area contributed by atoms with E-state index >= 15 is 0 Å². The van der Waals surface area contributed by atoms with Gasteiger partial charge in [0.1, 0.15) is 0 Å². The second kappa shape index (κ2) is 11.0. The zero-order chi connectivity index (χ0) is 19.5. The molecule has 0 aromatic heterocycles. The van der Waals surface area contributed by atoms with Crippen LogP contribution >= 0.6 is 0 Å². The van der Waals surface area contributed by atoms with E-state index in [1.165, 1.54) is 19.3 Å². The summed E-state index contributed by atoms with van der Waals surface area (Å²) in [4.78, 5) is 23.3. The Labute approximate surface area is 161 Å². The van der Waals surface area contributed by atoms with E-state index in [0.29, 0.717) is 17.7 Å². The van der Waals surface area contributed by atoms with Crippen LogP contribution in [0.5, 0.6) is 0 Å². The number of hydrogen-bond acceptors (Lipinski definition) is 3. The number of carbonyl (C=O) groups is 2. The number of benzene rings is 2. The molecule has 0 atom stereocenters. The van der Waals surface area contributed by atoms with Crippen LogP contribution in [0.2, 0.25) is 0 Å². The normalized spacial score (nSPS) is 10.0. The molecule has 0 saturated heterocycles. The van der Waals surface area contributed by atoms with Crippen molar-refractivity contribution in [2.45, 2.75) is 46.0 Å². The fourth-order valence-corrected chi connectivity index (χ4v) is 2.58. The van der Waals surface area contributed by atoms with Gasteiger partial charge < -0.3 is 4.74 Å². The molecule has 0 fully saturated rings. The molecule has 140 valence electrons. The standard InChI is InChI=1S/C24H26O3/c1-3-4-5-6-7-18-27-24(26)23-16-12-21(13-17-23)9-8-20-10-14-22(15-11-20)19(2)25/h10-17H,3-7,18H2,1-2H3. The van der Waals surface area contributed by atoms with Crippen molar-refractivity contribution in [3.05, 3.63) is 70.8 Å². The van der Waals surface area contributed by atoms with Gasteiger partial charge in [0.25, 0.3) is 0 Å². The summed E-state index contributed by atoms with van der Waals surface area (Å²) in [6, 6.07) is 14.3. The van der Waals surface area contributed by atoms with Crippen molar-refractivity contribution in [1.29, 1.82) is 0 Å². The SMILES string of the molecule is CCCCCCCOC(=O)c1ccc(C#Cc2ccc(C(C)=O)cc2)cc1. The lowest BCUT2D eigenvalue weighted by atomic mass is 10.1. The van der Waals surface area contributed by atoms with Gasteiger partial charge in [0.2, 0.25) is 0 Å². The van der Waals surface area contributed by atoms with E-state index in [4.69, 9.17) is 4.74 Å². The fraction of sp³-hybridized carbons (Fsp3) is 0.333. The van der Waals surface area contributed by atoms with Crippen molar-refractivity contribution < 1.29 is 14.3 Å². The molecule has 0 aliphatic carbocycles. The van der Waals surface area contributed by atoms with Gasteiger partial charge in [-0.15, -0.1) is 0 Å². The molecule has 3 nitrogen and oxygen atoms in total. The zero-order valence-electron chi connectivity index (χ0n) is 16.1. The molecule has 0 radical (unpaired) electrons. The second-order valence-electron chi connectivity index (χ2n) is 6.51. The number of carbonyl (C=O) groups excluding carboxylic acids is 2. The number of rotatable bonds is 8. The fourth-order valence-electron chi connectivity index (χ4n) is 2.58. The number of esters is 1. The average molecular weight is 362 g/mol. The van der Waals surface area contributed by atoms with Crippen LogP contribution < -0.4 is 0 Å². The Balaban J connectivity index is 1.86. The molecule has 2 rings (SSSR count). The number of unbranched alkanes of at least 4 members (excludes halogenated alkanes) is 4. The van der Waals surface area contributed by atoms with Crippen molar-refractivity contribution in [2.24, 2.45) is 0 Å². The van der Waals surface area contributed by atoms with E-state index < -0.39 is 0 Å². The molecule has 0 bridgehead atoms. The lowest BCUT2D eigenvalue weighted by Crippen LogP contribution is -2.06. The summed E-state index contributed by atoms with van der Waals surface area (Å²) >= 11 is 0. The van der Waals surface area contributed by atoms with Crippen LogP contribution in [0.1, 0.15) is 77.8 Å². The Morgan fingerprint density at radius 1 is 0.778 bits per heavy atom. The van der Waals surface area contributed by atoms with Gasteiger partial charge in [0.15, 0.2) is 5.78 Å². The number of ketones is 1. The van der Waals surface area contributed by atoms with E-state index in [-0.39, 0.29) is 11.8 Å². The van der Waals surface area contributed by atoms with Crippen LogP contribution in [0.3, 0.4) is 0 Å². The lowest BCUT2D eigenvalue weighted by Gasteiger charge is -2.04. The van der Waals surface area contributed by atoms with E-state index in [1.807, 2.05) is 24.3 Å². The van der Waals surface area contributed by atoms with Gasteiger partial charge in [-0.1, -0.05) is 56.6 Å². The maximum Gasteiger partial charge on any atom is 0.338 e. The minimum absolute atomic E-state index is 0.0398. The Kier molecular flexibility index (Phi) is 8.32. The Morgan fingerprint density at radius 3 is 1.81 bits per heavy atom. The number of Topliss-reactive ketones (excluding diaryl/α,β-unsaturated/α-hetero) is 1. The highest BCUT2D eigenvalue weighted by atomic mass is 16.5. The summed E-state index contributed by atoms with van der Waals surface area (Å²) in [5, 5.41) is 0. The molecule has 3 heteroatoms. The molecular formula is C24H26O3. The molecule has 0 spiro atoms. The molecule has 2 aromatic carbocycles. The van der Waals surface area contributed by atoms with Gasteiger partial charge in [-0.3, -0.25) is 4.79 Å². The topological polar surface area (TPSA) is 43.4 Å². The largest absolute Gasteiger partial charge is 0.462 e. The molecular weight excluding hydrogens is 336 g/mol. The second-order valence-corrected chi connectivity index (χ2v) is 6.51. The first kappa shape index (κ1) is 20.5. The third-order valence-corrected chi connectivity index (χ3v) is 4.24. The van der Waals surface area contributed by atoms with Crippen molar-refractivity contribution in [3.63, 3.8) is 0 Å². The van der Waals surface area contributed by atoms with Crippen molar-refractivity contribution in [3.8, 4) is 11.8 Å². The van der Waals surface area contributed by atoms with Gasteiger partial charge in [-0.05, 0) is 49.7 Å². The van der Waals surface area contributed by atoms with Gasteiger partial charge in [0.05, 0.1) is 12.2 Å². The predicted octanol–water partition coefficient (Wildman–Crippen LogP) is 5.42. The van der Waals surface area contributed by atoms with Gasteiger partial charge in [0, 0.05) is 16.7 Å². The van der Waals surface area contributed by atoms with Crippen LogP contribution in [0.15, 0.2) is 48.5 Å². The van der Waals surface area contributed by atoms with Gasteiger partial charge in [-0.25, -0.2) is 4.79 Å². The molecule has 0 saturated carbocycles.